The number of nitrogens with two attached hydrogens (primary N) is 1. The van der Waals surface area contributed by atoms with E-state index in [2.05, 4.69) is 40.5 Å². The Labute approximate surface area is 111 Å². The number of fused-ring (bicyclic) bond motifs is 1. The van der Waals surface area contributed by atoms with Gasteiger partial charge in [-0.25, -0.2) is 0 Å². The van der Waals surface area contributed by atoms with Crippen LogP contribution in [0.2, 0.25) is 0 Å². The van der Waals surface area contributed by atoms with Crippen LogP contribution < -0.4 is 5.73 Å². The maximum Gasteiger partial charge on any atom is 0.153 e. The van der Waals surface area contributed by atoms with Crippen LogP contribution in [0.5, 0.6) is 0 Å². The molecule has 0 saturated heterocycles. The molecule has 0 amide bonds. The molecule has 1 saturated carbocycles. The summed E-state index contributed by atoms with van der Waals surface area (Å²) in [6.07, 6.45) is 2.67. The first-order valence-electron chi connectivity index (χ1n) is 6.66. The van der Waals surface area contributed by atoms with Crippen molar-refractivity contribution in [1.82, 2.24) is 10.2 Å². The number of nitrogens with one attached hydrogen (secondary N) is 1. The Balaban J connectivity index is 1.86. The number of H-pyrrole nitrogens is 1. The van der Waals surface area contributed by atoms with Crippen LogP contribution in [0.4, 0.5) is 5.82 Å². The minimum Gasteiger partial charge on any atom is -0.382 e. The van der Waals surface area contributed by atoms with Gasteiger partial charge in [-0.15, -0.1) is 0 Å². The normalized spacial score (nSPS) is 14.9. The standard InChI is InChI=1S/C16H15N3/c17-16-15-13(2-1-3-14(15)18-19-16)12-8-6-11(7-9-12)10-4-5-10/h1-3,6-10H,4-5H2,(H3,17,18,19). The van der Waals surface area contributed by atoms with Gasteiger partial charge in [0.05, 0.1) is 10.9 Å². The Bertz CT molecular complexity index is 736. The van der Waals surface area contributed by atoms with Crippen LogP contribution >= 0.6 is 0 Å². The molecule has 3 heteroatoms. The molecule has 0 radical (unpaired) electrons. The molecule has 1 aliphatic carbocycles. The topological polar surface area (TPSA) is 54.7 Å². The van der Waals surface area contributed by atoms with E-state index in [0.717, 1.165) is 22.4 Å². The van der Waals surface area contributed by atoms with Crippen molar-refractivity contribution >= 4 is 16.7 Å². The third-order valence-electron chi connectivity index (χ3n) is 3.89. The van der Waals surface area contributed by atoms with Gasteiger partial charge in [-0.1, -0.05) is 36.4 Å². The lowest BCUT2D eigenvalue weighted by molar-refractivity contribution is 1.13. The number of anilines is 1. The van der Waals surface area contributed by atoms with Gasteiger partial charge in [-0.3, -0.25) is 5.10 Å². The van der Waals surface area contributed by atoms with Gasteiger partial charge in [0.1, 0.15) is 0 Å². The van der Waals surface area contributed by atoms with E-state index in [-0.39, 0.29) is 0 Å². The van der Waals surface area contributed by atoms with E-state index in [1.165, 1.54) is 24.0 Å². The van der Waals surface area contributed by atoms with Crippen LogP contribution in [-0.2, 0) is 0 Å². The molecule has 0 bridgehead atoms. The van der Waals surface area contributed by atoms with Crippen LogP contribution in [0.15, 0.2) is 42.5 Å². The summed E-state index contributed by atoms with van der Waals surface area (Å²) in [4.78, 5) is 0. The highest BCUT2D eigenvalue weighted by Crippen LogP contribution is 2.41. The largest absolute Gasteiger partial charge is 0.382 e. The SMILES string of the molecule is Nc1n[nH]c2cccc(-c3ccc(C4CC4)cc3)c12. The van der Waals surface area contributed by atoms with Gasteiger partial charge >= 0.3 is 0 Å². The van der Waals surface area contributed by atoms with Crippen molar-refractivity contribution in [2.24, 2.45) is 0 Å². The lowest BCUT2D eigenvalue weighted by Crippen LogP contribution is -1.87. The van der Waals surface area contributed by atoms with Crippen LogP contribution in [0.1, 0.15) is 24.3 Å². The first kappa shape index (κ1) is 10.6. The minimum absolute atomic E-state index is 0.567. The molecule has 3 N–H and O–H groups in total. The molecular formula is C16H15N3. The highest BCUT2D eigenvalue weighted by atomic mass is 15.1. The van der Waals surface area contributed by atoms with Crippen molar-refractivity contribution in [3.8, 4) is 11.1 Å². The number of nitrogen functional groups attached to an aromatic ring is 1. The second-order valence-electron chi connectivity index (χ2n) is 5.23. The zero-order chi connectivity index (χ0) is 12.8. The Hall–Kier alpha value is -2.29. The fourth-order valence-electron chi connectivity index (χ4n) is 2.69. The van der Waals surface area contributed by atoms with Crippen molar-refractivity contribution < 1.29 is 0 Å². The number of hydrogen-bond donors (Lipinski definition) is 2. The van der Waals surface area contributed by atoms with E-state index >= 15 is 0 Å². The number of hydrogen-bond acceptors (Lipinski definition) is 2. The lowest BCUT2D eigenvalue weighted by Gasteiger charge is -2.05. The number of nitrogens with zero attached hydrogens (tertiary/aromatic N) is 1. The summed E-state index contributed by atoms with van der Waals surface area (Å²) in [5.41, 5.74) is 10.7. The maximum absolute atomic E-state index is 5.96. The van der Waals surface area contributed by atoms with Crippen LogP contribution in [-0.4, -0.2) is 10.2 Å². The summed E-state index contributed by atoms with van der Waals surface area (Å²) in [5, 5.41) is 8.07. The molecule has 3 nitrogen and oxygen atoms in total. The van der Waals surface area contributed by atoms with Crippen LogP contribution in [0.25, 0.3) is 22.0 Å². The molecule has 0 aliphatic heterocycles. The molecular weight excluding hydrogens is 234 g/mol. The zero-order valence-corrected chi connectivity index (χ0v) is 10.6. The van der Waals surface area contributed by atoms with Crippen molar-refractivity contribution in [2.45, 2.75) is 18.8 Å². The van der Waals surface area contributed by atoms with Crippen molar-refractivity contribution in [3.05, 3.63) is 48.0 Å². The van der Waals surface area contributed by atoms with Gasteiger partial charge in [-0.05, 0) is 41.5 Å². The second-order valence-corrected chi connectivity index (χ2v) is 5.23. The van der Waals surface area contributed by atoms with E-state index < -0.39 is 0 Å². The molecule has 94 valence electrons. The lowest BCUT2D eigenvalue weighted by atomic mass is 9.99. The number of aromatic amines is 1. The number of rotatable bonds is 2. The average Bonchev–Trinajstić information content (AvgIpc) is 3.23. The predicted molar refractivity (Wildman–Crippen MR) is 77.9 cm³/mol. The molecule has 4 rings (SSSR count). The van der Waals surface area contributed by atoms with E-state index in [9.17, 15) is 0 Å². The summed E-state index contributed by atoms with van der Waals surface area (Å²) in [7, 11) is 0. The fourth-order valence-corrected chi connectivity index (χ4v) is 2.69. The third-order valence-corrected chi connectivity index (χ3v) is 3.89. The second kappa shape index (κ2) is 3.85. The van der Waals surface area contributed by atoms with E-state index in [4.69, 9.17) is 5.73 Å². The van der Waals surface area contributed by atoms with E-state index in [0.29, 0.717) is 5.82 Å². The molecule has 0 atom stereocenters. The van der Waals surface area contributed by atoms with E-state index in [1.807, 2.05) is 12.1 Å². The molecule has 1 heterocycles. The Morgan fingerprint density at radius 2 is 1.84 bits per heavy atom. The summed E-state index contributed by atoms with van der Waals surface area (Å²) in [6.45, 7) is 0. The minimum atomic E-state index is 0.567. The van der Waals surface area contributed by atoms with Crippen molar-refractivity contribution in [2.75, 3.05) is 5.73 Å². The summed E-state index contributed by atoms with van der Waals surface area (Å²) >= 11 is 0. The monoisotopic (exact) mass is 249 g/mol. The zero-order valence-electron chi connectivity index (χ0n) is 10.6. The van der Waals surface area contributed by atoms with Gasteiger partial charge in [0.15, 0.2) is 5.82 Å². The van der Waals surface area contributed by atoms with Crippen molar-refractivity contribution in [1.29, 1.82) is 0 Å². The van der Waals surface area contributed by atoms with Crippen molar-refractivity contribution in [3.63, 3.8) is 0 Å². The highest BCUT2D eigenvalue weighted by Gasteiger charge is 2.23. The molecule has 1 aromatic heterocycles. The fraction of sp³-hybridized carbons (Fsp3) is 0.188. The third kappa shape index (κ3) is 1.70. The Kier molecular flexibility index (Phi) is 2.15. The van der Waals surface area contributed by atoms with Gasteiger partial charge in [0.25, 0.3) is 0 Å². The quantitative estimate of drug-likeness (QED) is 0.727. The number of benzene rings is 2. The summed E-state index contributed by atoms with van der Waals surface area (Å²) < 4.78 is 0. The highest BCUT2D eigenvalue weighted by molar-refractivity contribution is 6.01. The van der Waals surface area contributed by atoms with Gasteiger partial charge < -0.3 is 5.73 Å². The molecule has 19 heavy (non-hydrogen) atoms. The molecule has 1 fully saturated rings. The maximum atomic E-state index is 5.96. The smallest absolute Gasteiger partial charge is 0.153 e. The Morgan fingerprint density at radius 3 is 2.58 bits per heavy atom. The summed E-state index contributed by atoms with van der Waals surface area (Å²) in [6, 6.07) is 15.0. The average molecular weight is 249 g/mol. The van der Waals surface area contributed by atoms with Gasteiger partial charge in [0, 0.05) is 0 Å². The molecule has 1 aliphatic rings. The van der Waals surface area contributed by atoms with E-state index in [1.54, 1.807) is 0 Å². The predicted octanol–water partition coefficient (Wildman–Crippen LogP) is 3.69. The first-order valence-corrected chi connectivity index (χ1v) is 6.66. The molecule has 3 aromatic rings. The summed E-state index contributed by atoms with van der Waals surface area (Å²) in [5.74, 6) is 1.36. The molecule has 2 aromatic carbocycles. The number of aromatic nitrogens is 2. The first-order chi connectivity index (χ1) is 9.33. The molecule has 0 unspecified atom stereocenters. The van der Waals surface area contributed by atoms with Gasteiger partial charge in [0.2, 0.25) is 0 Å². The Morgan fingerprint density at radius 1 is 1.05 bits per heavy atom. The van der Waals surface area contributed by atoms with Gasteiger partial charge in [-0.2, -0.15) is 5.10 Å². The van der Waals surface area contributed by atoms with Crippen LogP contribution in [0.3, 0.4) is 0 Å². The molecule has 0 spiro atoms. The van der Waals surface area contributed by atoms with Crippen LogP contribution in [0, 0.1) is 0 Å².